The Morgan fingerprint density at radius 2 is 1.95 bits per heavy atom. The summed E-state index contributed by atoms with van der Waals surface area (Å²) in [6, 6.07) is 0. The van der Waals surface area contributed by atoms with Crippen LogP contribution in [0.25, 0.3) is 0 Å². The Balaban J connectivity index is 1.98. The lowest BCUT2D eigenvalue weighted by Gasteiger charge is -2.27. The van der Waals surface area contributed by atoms with E-state index < -0.39 is 17.8 Å². The van der Waals surface area contributed by atoms with Gasteiger partial charge in [-0.3, -0.25) is 9.59 Å². The number of carboxylic acid groups (broad SMARTS) is 1. The van der Waals surface area contributed by atoms with Gasteiger partial charge in [0.25, 0.3) is 0 Å². The fraction of sp³-hybridized carbons (Fsp3) is 0.643. The molecule has 0 saturated heterocycles. The van der Waals surface area contributed by atoms with Crippen LogP contribution in [0.2, 0.25) is 0 Å². The van der Waals surface area contributed by atoms with Gasteiger partial charge in [-0.2, -0.15) is 0 Å². The monoisotopic (exact) mass is 280 g/mol. The Hall–Kier alpha value is -1.85. The van der Waals surface area contributed by atoms with Crippen LogP contribution in [0, 0.1) is 25.7 Å². The summed E-state index contributed by atoms with van der Waals surface area (Å²) in [5, 5.41) is 15.8. The smallest absolute Gasteiger partial charge is 0.307 e. The molecule has 1 aromatic rings. The van der Waals surface area contributed by atoms with E-state index in [-0.39, 0.29) is 5.91 Å². The molecule has 0 aliphatic heterocycles. The highest BCUT2D eigenvalue weighted by Gasteiger charge is 2.35. The maximum absolute atomic E-state index is 12.2. The SMILES string of the molecule is Cc1noc(C)c1CNC(=O)C1CCCCC1C(=O)O. The molecule has 1 saturated carbocycles. The Kier molecular flexibility index (Phi) is 4.42. The van der Waals surface area contributed by atoms with Gasteiger partial charge in [0.05, 0.1) is 17.5 Å². The van der Waals surface area contributed by atoms with Crippen molar-refractivity contribution in [1.82, 2.24) is 10.5 Å². The molecule has 0 spiro atoms. The number of rotatable bonds is 4. The van der Waals surface area contributed by atoms with Crippen LogP contribution in [0.5, 0.6) is 0 Å². The number of hydrogen-bond acceptors (Lipinski definition) is 4. The van der Waals surface area contributed by atoms with Gasteiger partial charge in [0.2, 0.25) is 5.91 Å². The third-order valence-electron chi connectivity index (χ3n) is 4.04. The lowest BCUT2D eigenvalue weighted by Crippen LogP contribution is -2.39. The van der Waals surface area contributed by atoms with Crippen molar-refractivity contribution in [2.75, 3.05) is 0 Å². The molecule has 110 valence electrons. The van der Waals surface area contributed by atoms with Gasteiger partial charge in [0, 0.05) is 12.1 Å². The molecule has 0 bridgehead atoms. The molecule has 6 nitrogen and oxygen atoms in total. The minimum Gasteiger partial charge on any atom is -0.481 e. The highest BCUT2D eigenvalue weighted by Crippen LogP contribution is 2.30. The van der Waals surface area contributed by atoms with Crippen molar-refractivity contribution in [3.8, 4) is 0 Å². The molecule has 2 unspecified atom stereocenters. The van der Waals surface area contributed by atoms with E-state index in [9.17, 15) is 14.7 Å². The number of carbonyl (C=O) groups excluding carboxylic acids is 1. The van der Waals surface area contributed by atoms with Gasteiger partial charge in [-0.1, -0.05) is 18.0 Å². The molecule has 1 aromatic heterocycles. The van der Waals surface area contributed by atoms with E-state index in [0.717, 1.165) is 24.1 Å². The number of aryl methyl sites for hydroxylation is 2. The first-order valence-electron chi connectivity index (χ1n) is 6.93. The molecule has 6 heteroatoms. The largest absolute Gasteiger partial charge is 0.481 e. The third-order valence-corrected chi connectivity index (χ3v) is 4.04. The van der Waals surface area contributed by atoms with E-state index >= 15 is 0 Å². The Labute approximate surface area is 117 Å². The summed E-state index contributed by atoms with van der Waals surface area (Å²) in [7, 11) is 0. The Morgan fingerprint density at radius 3 is 2.50 bits per heavy atom. The Bertz CT molecular complexity index is 490. The first-order valence-corrected chi connectivity index (χ1v) is 6.93. The van der Waals surface area contributed by atoms with Crippen LogP contribution in [0.4, 0.5) is 0 Å². The molecule has 0 radical (unpaired) electrons. The number of aromatic nitrogens is 1. The Morgan fingerprint density at radius 1 is 1.30 bits per heavy atom. The van der Waals surface area contributed by atoms with Crippen molar-refractivity contribution in [3.05, 3.63) is 17.0 Å². The maximum Gasteiger partial charge on any atom is 0.307 e. The fourth-order valence-corrected chi connectivity index (χ4v) is 2.80. The van der Waals surface area contributed by atoms with Crippen LogP contribution < -0.4 is 5.32 Å². The predicted molar refractivity (Wildman–Crippen MR) is 70.9 cm³/mol. The van der Waals surface area contributed by atoms with E-state index in [4.69, 9.17) is 4.52 Å². The predicted octanol–water partition coefficient (Wildman–Crippen LogP) is 1.80. The molecule has 1 fully saturated rings. The van der Waals surface area contributed by atoms with Crippen molar-refractivity contribution in [1.29, 1.82) is 0 Å². The summed E-state index contributed by atoms with van der Waals surface area (Å²) >= 11 is 0. The van der Waals surface area contributed by atoms with Gasteiger partial charge in [-0.05, 0) is 26.7 Å². The van der Waals surface area contributed by atoms with Crippen molar-refractivity contribution in [2.45, 2.75) is 46.1 Å². The molecule has 1 heterocycles. The van der Waals surface area contributed by atoms with Crippen molar-refractivity contribution < 1.29 is 19.2 Å². The summed E-state index contributed by atoms with van der Waals surface area (Å²) < 4.78 is 5.04. The van der Waals surface area contributed by atoms with Crippen LogP contribution in [0.1, 0.15) is 42.7 Å². The van der Waals surface area contributed by atoms with Crippen molar-refractivity contribution in [2.24, 2.45) is 11.8 Å². The summed E-state index contributed by atoms with van der Waals surface area (Å²) in [6.45, 7) is 3.95. The van der Waals surface area contributed by atoms with E-state index in [2.05, 4.69) is 10.5 Å². The molecule has 20 heavy (non-hydrogen) atoms. The van der Waals surface area contributed by atoms with Crippen molar-refractivity contribution in [3.63, 3.8) is 0 Å². The number of carbonyl (C=O) groups is 2. The zero-order valence-electron chi connectivity index (χ0n) is 11.8. The van der Waals surface area contributed by atoms with Gasteiger partial charge < -0.3 is 14.9 Å². The quantitative estimate of drug-likeness (QED) is 0.877. The average molecular weight is 280 g/mol. The number of hydrogen-bond donors (Lipinski definition) is 2. The molecule has 1 aliphatic rings. The van der Waals surface area contributed by atoms with Gasteiger partial charge in [0.15, 0.2) is 0 Å². The molecule has 2 rings (SSSR count). The van der Waals surface area contributed by atoms with Crippen LogP contribution >= 0.6 is 0 Å². The van der Waals surface area contributed by atoms with E-state index in [1.807, 2.05) is 6.92 Å². The lowest BCUT2D eigenvalue weighted by molar-refractivity contribution is -0.148. The van der Waals surface area contributed by atoms with Crippen molar-refractivity contribution >= 4 is 11.9 Å². The zero-order valence-corrected chi connectivity index (χ0v) is 11.8. The number of aliphatic carboxylic acids is 1. The maximum atomic E-state index is 12.2. The number of nitrogens with one attached hydrogen (secondary N) is 1. The summed E-state index contributed by atoms with van der Waals surface area (Å²) in [5.41, 5.74) is 1.61. The second-order valence-corrected chi connectivity index (χ2v) is 5.36. The number of nitrogens with zero attached hydrogens (tertiary/aromatic N) is 1. The van der Waals surface area contributed by atoms with E-state index in [1.54, 1.807) is 6.92 Å². The van der Waals surface area contributed by atoms with E-state index in [1.165, 1.54) is 0 Å². The second-order valence-electron chi connectivity index (χ2n) is 5.36. The highest BCUT2D eigenvalue weighted by molar-refractivity contribution is 5.84. The molecule has 2 atom stereocenters. The van der Waals surface area contributed by atoms with Crippen LogP contribution in [-0.4, -0.2) is 22.1 Å². The summed E-state index contributed by atoms with van der Waals surface area (Å²) in [6.07, 6.45) is 3.01. The van der Waals surface area contributed by atoms with E-state index in [0.29, 0.717) is 25.1 Å². The second kappa shape index (κ2) is 6.07. The standard InChI is InChI=1S/C14H20N2O4/c1-8-12(9(2)20-16-8)7-15-13(17)10-5-3-4-6-11(10)14(18)19/h10-11H,3-7H2,1-2H3,(H,15,17)(H,18,19). The third kappa shape index (κ3) is 3.00. The van der Waals surface area contributed by atoms with Crippen LogP contribution in [0.15, 0.2) is 4.52 Å². The molecular formula is C14H20N2O4. The van der Waals surface area contributed by atoms with Crippen LogP contribution in [0.3, 0.4) is 0 Å². The summed E-state index contributed by atoms with van der Waals surface area (Å²) in [4.78, 5) is 23.4. The molecular weight excluding hydrogens is 260 g/mol. The normalized spacial score (nSPS) is 22.5. The number of amides is 1. The topological polar surface area (TPSA) is 92.4 Å². The zero-order chi connectivity index (χ0) is 14.7. The number of carboxylic acids is 1. The lowest BCUT2D eigenvalue weighted by atomic mass is 9.78. The first kappa shape index (κ1) is 14.6. The highest BCUT2D eigenvalue weighted by atomic mass is 16.5. The van der Waals surface area contributed by atoms with Gasteiger partial charge >= 0.3 is 5.97 Å². The molecule has 2 N–H and O–H groups in total. The molecule has 1 amide bonds. The summed E-state index contributed by atoms with van der Waals surface area (Å²) in [5.74, 6) is -1.37. The minimum absolute atomic E-state index is 0.183. The molecule has 0 aromatic carbocycles. The fourth-order valence-electron chi connectivity index (χ4n) is 2.80. The van der Waals surface area contributed by atoms with Gasteiger partial charge in [-0.25, -0.2) is 0 Å². The minimum atomic E-state index is -0.873. The average Bonchev–Trinajstić information content (AvgIpc) is 2.75. The van der Waals surface area contributed by atoms with Gasteiger partial charge in [-0.15, -0.1) is 0 Å². The molecule has 1 aliphatic carbocycles. The van der Waals surface area contributed by atoms with Gasteiger partial charge in [0.1, 0.15) is 5.76 Å². The van der Waals surface area contributed by atoms with Crippen LogP contribution in [-0.2, 0) is 16.1 Å². The first-order chi connectivity index (χ1) is 9.50.